The number of rotatable bonds is 4. The maximum atomic E-state index is 12.6. The van der Waals surface area contributed by atoms with Crippen LogP contribution in [-0.4, -0.2) is 56.0 Å². The molecule has 12 heteroatoms. The summed E-state index contributed by atoms with van der Waals surface area (Å²) in [7, 11) is 1.78. The van der Waals surface area contributed by atoms with Crippen LogP contribution >= 0.6 is 11.6 Å². The van der Waals surface area contributed by atoms with Crippen molar-refractivity contribution >= 4 is 40.8 Å². The smallest absolute Gasteiger partial charge is 0.404 e. The number of carbonyl (C=O) groups excluding carboxylic acids is 1. The average Bonchev–Trinajstić information content (AvgIpc) is 2.84. The molecule has 1 aliphatic heterocycles. The van der Waals surface area contributed by atoms with Gasteiger partial charge >= 0.3 is 6.09 Å². The fourth-order valence-electron chi connectivity index (χ4n) is 3.25. The number of hydrogen-bond acceptors (Lipinski definition) is 7. The maximum absolute atomic E-state index is 12.6. The van der Waals surface area contributed by atoms with Gasteiger partial charge in [-0.05, 0) is 30.9 Å². The molecule has 0 bridgehead atoms. The Kier molecular flexibility index (Phi) is 5.83. The van der Waals surface area contributed by atoms with Crippen LogP contribution in [0.1, 0.15) is 29.8 Å². The molecule has 150 valence electrons. The second kappa shape index (κ2) is 8.30. The van der Waals surface area contributed by atoms with Crippen LogP contribution in [0.25, 0.3) is 0 Å². The molecule has 1 unspecified atom stereocenters. The second-order valence-corrected chi connectivity index (χ2v) is 6.80. The molecule has 28 heavy (non-hydrogen) atoms. The van der Waals surface area contributed by atoms with Crippen molar-refractivity contribution in [1.29, 1.82) is 0 Å². The summed E-state index contributed by atoms with van der Waals surface area (Å²) in [6, 6.07) is -0.100. The first-order valence-electron chi connectivity index (χ1n) is 8.71. The summed E-state index contributed by atoms with van der Waals surface area (Å²) in [4.78, 5) is 33.2. The van der Waals surface area contributed by atoms with E-state index in [0.717, 1.165) is 18.7 Å². The molecule has 5 N–H and O–H groups in total. The minimum atomic E-state index is -1.02. The Bertz CT molecular complexity index is 887. The maximum Gasteiger partial charge on any atom is 0.404 e. The summed E-state index contributed by atoms with van der Waals surface area (Å²) in [5.74, 6) is 0.208. The van der Waals surface area contributed by atoms with Crippen LogP contribution in [0, 0.1) is 0 Å². The van der Waals surface area contributed by atoms with Crippen molar-refractivity contribution in [3.05, 3.63) is 23.4 Å². The zero-order valence-corrected chi connectivity index (χ0v) is 16.0. The zero-order valence-electron chi connectivity index (χ0n) is 15.2. The molecule has 0 aromatic carbocycles. The van der Waals surface area contributed by atoms with E-state index >= 15 is 0 Å². The van der Waals surface area contributed by atoms with E-state index < -0.39 is 12.0 Å². The highest BCUT2D eigenvalue weighted by molar-refractivity contribution is 6.28. The summed E-state index contributed by atoms with van der Waals surface area (Å²) in [5, 5.41) is 18.4. The number of nitrogen functional groups attached to an aromatic ring is 1. The summed E-state index contributed by atoms with van der Waals surface area (Å²) in [6.45, 7) is 1.33. The summed E-state index contributed by atoms with van der Waals surface area (Å²) in [5.41, 5.74) is 6.38. The molecular weight excluding hydrogens is 388 g/mol. The fraction of sp³-hybridized carbons (Fsp3) is 0.438. The first-order chi connectivity index (χ1) is 13.3. The summed E-state index contributed by atoms with van der Waals surface area (Å²) in [6.07, 6.45) is 4.01. The molecule has 2 amide bonds. The Morgan fingerprint density at radius 3 is 2.86 bits per heavy atom. The van der Waals surface area contributed by atoms with Crippen molar-refractivity contribution in [3.8, 4) is 0 Å². The van der Waals surface area contributed by atoms with Gasteiger partial charge in [-0.2, -0.15) is 5.10 Å². The molecule has 1 atom stereocenters. The van der Waals surface area contributed by atoms with Gasteiger partial charge in [0.15, 0.2) is 11.5 Å². The average molecular weight is 409 g/mol. The monoisotopic (exact) mass is 408 g/mol. The van der Waals surface area contributed by atoms with E-state index in [1.54, 1.807) is 17.9 Å². The van der Waals surface area contributed by atoms with Gasteiger partial charge in [0.05, 0.1) is 18.1 Å². The number of amides is 2. The van der Waals surface area contributed by atoms with Crippen LogP contribution in [0.5, 0.6) is 0 Å². The Morgan fingerprint density at radius 1 is 1.32 bits per heavy atom. The van der Waals surface area contributed by atoms with Crippen molar-refractivity contribution in [2.75, 3.05) is 29.0 Å². The predicted octanol–water partition coefficient (Wildman–Crippen LogP) is 1.32. The molecule has 2 aromatic rings. The predicted molar refractivity (Wildman–Crippen MR) is 104 cm³/mol. The van der Waals surface area contributed by atoms with Gasteiger partial charge in [-0.1, -0.05) is 0 Å². The third kappa shape index (κ3) is 4.42. The SMILES string of the molecule is Cn1ncc(NC(=O)c2nc(Cl)ncc2N)c1N1CCCC(NC(=O)O)CC1. The van der Waals surface area contributed by atoms with Crippen molar-refractivity contribution in [3.63, 3.8) is 0 Å². The molecule has 0 radical (unpaired) electrons. The number of anilines is 3. The lowest BCUT2D eigenvalue weighted by molar-refractivity contribution is 0.102. The minimum absolute atomic E-state index is 0.0172. The van der Waals surface area contributed by atoms with Gasteiger partial charge < -0.3 is 26.4 Å². The van der Waals surface area contributed by atoms with Crippen LogP contribution in [0.4, 0.5) is 22.0 Å². The largest absolute Gasteiger partial charge is 0.465 e. The molecule has 3 heterocycles. The highest BCUT2D eigenvalue weighted by Crippen LogP contribution is 2.28. The van der Waals surface area contributed by atoms with Crippen LogP contribution in [0.2, 0.25) is 5.28 Å². The molecule has 0 spiro atoms. The Balaban J connectivity index is 1.77. The van der Waals surface area contributed by atoms with Crippen LogP contribution in [0.3, 0.4) is 0 Å². The first-order valence-corrected chi connectivity index (χ1v) is 9.08. The van der Waals surface area contributed by atoms with Crippen LogP contribution < -0.4 is 21.3 Å². The van der Waals surface area contributed by atoms with Gasteiger partial charge in [-0.15, -0.1) is 0 Å². The number of aromatic nitrogens is 4. The lowest BCUT2D eigenvalue weighted by atomic mass is 10.1. The number of hydrogen-bond donors (Lipinski definition) is 4. The van der Waals surface area contributed by atoms with E-state index in [0.29, 0.717) is 25.2 Å². The van der Waals surface area contributed by atoms with Gasteiger partial charge in [-0.25, -0.2) is 14.8 Å². The number of aryl methyl sites for hydroxylation is 1. The highest BCUT2D eigenvalue weighted by Gasteiger charge is 2.24. The van der Waals surface area contributed by atoms with E-state index in [1.807, 2.05) is 0 Å². The van der Waals surface area contributed by atoms with E-state index in [4.69, 9.17) is 22.4 Å². The number of nitrogens with one attached hydrogen (secondary N) is 2. The van der Waals surface area contributed by atoms with Crippen molar-refractivity contribution < 1.29 is 14.7 Å². The highest BCUT2D eigenvalue weighted by atomic mass is 35.5. The molecule has 1 aliphatic rings. The Hall–Kier alpha value is -3.08. The minimum Gasteiger partial charge on any atom is -0.465 e. The third-order valence-corrected chi connectivity index (χ3v) is 4.70. The van der Waals surface area contributed by atoms with Crippen molar-refractivity contribution in [1.82, 2.24) is 25.1 Å². The lowest BCUT2D eigenvalue weighted by Crippen LogP contribution is -2.35. The van der Waals surface area contributed by atoms with E-state index in [-0.39, 0.29) is 22.7 Å². The topological polar surface area (TPSA) is 151 Å². The molecule has 3 rings (SSSR count). The Morgan fingerprint density at radius 2 is 2.11 bits per heavy atom. The first kappa shape index (κ1) is 19.7. The number of carboxylic acid groups (broad SMARTS) is 1. The molecular formula is C16H21ClN8O3. The van der Waals surface area contributed by atoms with Gasteiger partial charge in [0.1, 0.15) is 5.69 Å². The third-order valence-electron chi connectivity index (χ3n) is 4.51. The molecule has 1 fully saturated rings. The molecule has 2 aromatic heterocycles. The van der Waals surface area contributed by atoms with Crippen LogP contribution in [0.15, 0.2) is 12.4 Å². The van der Waals surface area contributed by atoms with Gasteiger partial charge in [0, 0.05) is 26.2 Å². The van der Waals surface area contributed by atoms with E-state index in [2.05, 4.69) is 30.6 Å². The van der Waals surface area contributed by atoms with Crippen LogP contribution in [-0.2, 0) is 7.05 Å². The van der Waals surface area contributed by atoms with E-state index in [1.165, 1.54) is 6.20 Å². The molecule has 1 saturated heterocycles. The molecule has 0 saturated carbocycles. The second-order valence-electron chi connectivity index (χ2n) is 6.47. The Labute approximate surface area is 165 Å². The number of carbonyl (C=O) groups is 2. The molecule has 11 nitrogen and oxygen atoms in total. The fourth-order valence-corrected chi connectivity index (χ4v) is 3.39. The summed E-state index contributed by atoms with van der Waals surface area (Å²) >= 11 is 5.76. The van der Waals surface area contributed by atoms with Crippen molar-refractivity contribution in [2.24, 2.45) is 7.05 Å². The standard InChI is InChI=1S/C16H21ClN8O3/c1-24-14(25-5-2-3-9(4-6-25)21-16(27)28)11(8-20-24)22-13(26)12-10(18)7-19-15(17)23-12/h7-9,21H,2-6,18H2,1H3,(H,22,26)(H,27,28). The lowest BCUT2D eigenvalue weighted by Gasteiger charge is -2.24. The zero-order chi connectivity index (χ0) is 20.3. The van der Waals surface area contributed by atoms with Gasteiger partial charge in [0.2, 0.25) is 5.28 Å². The van der Waals surface area contributed by atoms with Gasteiger partial charge in [0.25, 0.3) is 5.91 Å². The van der Waals surface area contributed by atoms with Gasteiger partial charge in [-0.3, -0.25) is 9.48 Å². The van der Waals surface area contributed by atoms with E-state index in [9.17, 15) is 9.59 Å². The quantitative estimate of drug-likeness (QED) is 0.553. The number of nitrogens with zero attached hydrogens (tertiary/aromatic N) is 5. The number of nitrogens with two attached hydrogens (primary N) is 1. The summed E-state index contributed by atoms with van der Waals surface area (Å²) < 4.78 is 1.66. The molecule has 0 aliphatic carbocycles. The van der Waals surface area contributed by atoms with Crippen molar-refractivity contribution in [2.45, 2.75) is 25.3 Å². The number of halogens is 1. The normalized spacial score (nSPS) is 17.1.